The monoisotopic (exact) mass is 329 g/mol. The molecule has 0 amide bonds. The van der Waals surface area contributed by atoms with Gasteiger partial charge in [0.2, 0.25) is 0 Å². The van der Waals surface area contributed by atoms with Crippen LogP contribution in [-0.2, 0) is 6.54 Å². The molecule has 2 aromatic rings. The molecule has 2 heterocycles. The molecule has 0 spiro atoms. The first-order valence-electron chi connectivity index (χ1n) is 9.31. The summed E-state index contributed by atoms with van der Waals surface area (Å²) in [6, 6.07) is 5.81. The van der Waals surface area contributed by atoms with E-state index in [0.29, 0.717) is 6.61 Å². The zero-order valence-electron chi connectivity index (χ0n) is 14.9. The summed E-state index contributed by atoms with van der Waals surface area (Å²) in [5, 5.41) is 0.751. The lowest BCUT2D eigenvalue weighted by molar-refractivity contribution is -0.918. The predicted octanol–water partition coefficient (Wildman–Crippen LogP) is 2.58. The summed E-state index contributed by atoms with van der Waals surface area (Å²) in [4.78, 5) is 18.0. The van der Waals surface area contributed by atoms with Crippen molar-refractivity contribution in [3.63, 3.8) is 0 Å². The molecule has 0 aliphatic carbocycles. The molecular formula is C20H29N2O2+. The molecule has 1 aliphatic rings. The minimum Gasteiger partial charge on any atom is -0.494 e. The minimum atomic E-state index is 0.167. The van der Waals surface area contributed by atoms with Gasteiger partial charge >= 0.3 is 0 Å². The first-order chi connectivity index (χ1) is 11.7. The van der Waals surface area contributed by atoms with E-state index in [0.717, 1.165) is 47.3 Å². The van der Waals surface area contributed by atoms with Crippen molar-refractivity contribution in [3.8, 4) is 5.75 Å². The van der Waals surface area contributed by atoms with Crippen molar-refractivity contribution in [2.24, 2.45) is 0 Å². The molecule has 3 rings (SSSR count). The maximum Gasteiger partial charge on any atom is 0.198 e. The summed E-state index contributed by atoms with van der Waals surface area (Å²) in [6.45, 7) is 8.06. The Kier molecular flexibility index (Phi) is 5.56. The molecule has 0 radical (unpaired) electrons. The highest BCUT2D eigenvalue weighted by Gasteiger charge is 2.18. The van der Waals surface area contributed by atoms with Crippen LogP contribution in [0.3, 0.4) is 0 Å². The second kappa shape index (κ2) is 7.84. The van der Waals surface area contributed by atoms with E-state index in [1.807, 2.05) is 25.1 Å². The number of pyridine rings is 1. The van der Waals surface area contributed by atoms with Crippen molar-refractivity contribution in [1.82, 2.24) is 4.98 Å². The number of aromatic nitrogens is 1. The third-order valence-electron chi connectivity index (χ3n) is 5.04. The number of benzene rings is 1. The highest BCUT2D eigenvalue weighted by Crippen LogP contribution is 2.19. The third kappa shape index (κ3) is 3.81. The van der Waals surface area contributed by atoms with Crippen LogP contribution in [-0.4, -0.2) is 24.7 Å². The Morgan fingerprint density at radius 2 is 2.00 bits per heavy atom. The second-order valence-electron chi connectivity index (χ2n) is 6.95. The molecule has 1 aromatic carbocycles. The van der Waals surface area contributed by atoms with Crippen LogP contribution < -0.4 is 15.1 Å². The van der Waals surface area contributed by atoms with Crippen molar-refractivity contribution >= 4 is 10.9 Å². The Morgan fingerprint density at radius 1 is 1.21 bits per heavy atom. The van der Waals surface area contributed by atoms with Crippen molar-refractivity contribution in [3.05, 3.63) is 39.7 Å². The quantitative estimate of drug-likeness (QED) is 0.800. The fourth-order valence-corrected chi connectivity index (χ4v) is 3.55. The van der Waals surface area contributed by atoms with Crippen LogP contribution in [0, 0.1) is 6.92 Å². The summed E-state index contributed by atoms with van der Waals surface area (Å²) in [7, 11) is 0. The Bertz CT molecular complexity index is 745. The number of aromatic amines is 1. The summed E-state index contributed by atoms with van der Waals surface area (Å²) >= 11 is 0. The van der Waals surface area contributed by atoms with Gasteiger partial charge in [-0.3, -0.25) is 4.79 Å². The number of nitrogens with one attached hydrogen (secondary N) is 2. The van der Waals surface area contributed by atoms with Gasteiger partial charge in [0.1, 0.15) is 12.3 Å². The number of hydrogen-bond acceptors (Lipinski definition) is 2. The van der Waals surface area contributed by atoms with E-state index in [-0.39, 0.29) is 5.43 Å². The SMILES string of the molecule is CCCCOc1ccc2[nH]c(C)c(C[NH+]3CCCCC3)c(=O)c2c1. The van der Waals surface area contributed by atoms with Crippen molar-refractivity contribution in [2.45, 2.75) is 52.5 Å². The zero-order valence-corrected chi connectivity index (χ0v) is 14.9. The summed E-state index contributed by atoms with van der Waals surface area (Å²) in [5.41, 5.74) is 3.01. The lowest BCUT2D eigenvalue weighted by Crippen LogP contribution is -3.11. The van der Waals surface area contributed by atoms with Gasteiger partial charge in [-0.25, -0.2) is 0 Å². The van der Waals surface area contributed by atoms with E-state index in [4.69, 9.17) is 4.74 Å². The largest absolute Gasteiger partial charge is 0.494 e. The van der Waals surface area contributed by atoms with Crippen LogP contribution in [0.1, 0.15) is 50.3 Å². The van der Waals surface area contributed by atoms with Gasteiger partial charge < -0.3 is 14.6 Å². The Morgan fingerprint density at radius 3 is 2.75 bits per heavy atom. The lowest BCUT2D eigenvalue weighted by Gasteiger charge is -2.24. The van der Waals surface area contributed by atoms with E-state index in [9.17, 15) is 4.79 Å². The normalized spacial score (nSPS) is 15.8. The number of rotatable bonds is 6. The average molecular weight is 329 g/mol. The first kappa shape index (κ1) is 17.0. The van der Waals surface area contributed by atoms with Gasteiger partial charge in [-0.15, -0.1) is 0 Å². The molecule has 0 unspecified atom stereocenters. The fraction of sp³-hybridized carbons (Fsp3) is 0.550. The van der Waals surface area contributed by atoms with Crippen LogP contribution in [0.15, 0.2) is 23.0 Å². The molecule has 1 aromatic heterocycles. The van der Waals surface area contributed by atoms with Gasteiger partial charge in [-0.2, -0.15) is 0 Å². The maximum absolute atomic E-state index is 13.0. The summed E-state index contributed by atoms with van der Waals surface area (Å²) in [5.74, 6) is 0.793. The molecule has 0 atom stereocenters. The predicted molar refractivity (Wildman–Crippen MR) is 98.0 cm³/mol. The summed E-state index contributed by atoms with van der Waals surface area (Å²) < 4.78 is 5.77. The number of hydrogen-bond donors (Lipinski definition) is 2. The van der Waals surface area contributed by atoms with Crippen molar-refractivity contribution in [1.29, 1.82) is 0 Å². The Hall–Kier alpha value is -1.81. The molecule has 1 fully saturated rings. The smallest absolute Gasteiger partial charge is 0.198 e. The molecule has 1 saturated heterocycles. The number of H-pyrrole nitrogens is 1. The number of piperidine rings is 1. The molecule has 1 aliphatic heterocycles. The maximum atomic E-state index is 13.0. The van der Waals surface area contributed by atoms with Crippen LogP contribution in [0.5, 0.6) is 5.75 Å². The van der Waals surface area contributed by atoms with Crippen LogP contribution in [0.25, 0.3) is 10.9 Å². The number of likely N-dealkylation sites (tertiary alicyclic amines) is 1. The van der Waals surface area contributed by atoms with Gasteiger partial charge in [-0.05, 0) is 50.8 Å². The van der Waals surface area contributed by atoms with E-state index in [1.54, 1.807) is 0 Å². The third-order valence-corrected chi connectivity index (χ3v) is 5.04. The molecule has 4 heteroatoms. The molecule has 2 N–H and O–H groups in total. The molecular weight excluding hydrogens is 300 g/mol. The van der Waals surface area contributed by atoms with Crippen LogP contribution >= 0.6 is 0 Å². The van der Waals surface area contributed by atoms with Gasteiger partial charge in [0, 0.05) is 16.6 Å². The standard InChI is InChI=1S/C20H28N2O2/c1-3-4-12-24-16-8-9-19-17(13-16)20(23)18(15(2)21-19)14-22-10-6-5-7-11-22/h8-9,13H,3-7,10-12,14H2,1-2H3,(H,21,23)/p+1. The molecule has 24 heavy (non-hydrogen) atoms. The minimum absolute atomic E-state index is 0.167. The van der Waals surface area contributed by atoms with Gasteiger partial charge in [0.25, 0.3) is 0 Å². The highest BCUT2D eigenvalue weighted by molar-refractivity contribution is 5.81. The van der Waals surface area contributed by atoms with Gasteiger partial charge in [0.15, 0.2) is 5.43 Å². The van der Waals surface area contributed by atoms with E-state index in [1.165, 1.54) is 37.3 Å². The number of unbranched alkanes of at least 4 members (excludes halogenated alkanes) is 1. The number of fused-ring (bicyclic) bond motifs is 1. The number of quaternary nitrogens is 1. The van der Waals surface area contributed by atoms with Crippen LogP contribution in [0.2, 0.25) is 0 Å². The topological polar surface area (TPSA) is 46.5 Å². The van der Waals surface area contributed by atoms with Crippen molar-refractivity contribution < 1.29 is 9.64 Å². The second-order valence-corrected chi connectivity index (χ2v) is 6.95. The first-order valence-corrected chi connectivity index (χ1v) is 9.31. The number of ether oxygens (including phenoxy) is 1. The highest BCUT2D eigenvalue weighted by atomic mass is 16.5. The van der Waals surface area contributed by atoms with E-state index >= 15 is 0 Å². The lowest BCUT2D eigenvalue weighted by atomic mass is 10.1. The molecule has 0 saturated carbocycles. The van der Waals surface area contributed by atoms with Crippen molar-refractivity contribution in [2.75, 3.05) is 19.7 Å². The summed E-state index contributed by atoms with van der Waals surface area (Å²) in [6.07, 6.45) is 6.02. The zero-order chi connectivity index (χ0) is 16.9. The average Bonchev–Trinajstić information content (AvgIpc) is 2.60. The number of aryl methyl sites for hydroxylation is 1. The van der Waals surface area contributed by atoms with E-state index in [2.05, 4.69) is 11.9 Å². The molecule has 4 nitrogen and oxygen atoms in total. The van der Waals surface area contributed by atoms with Gasteiger partial charge in [-0.1, -0.05) is 13.3 Å². The fourth-order valence-electron chi connectivity index (χ4n) is 3.55. The van der Waals surface area contributed by atoms with E-state index < -0.39 is 0 Å². The molecule has 0 bridgehead atoms. The van der Waals surface area contributed by atoms with Crippen LogP contribution in [0.4, 0.5) is 0 Å². The molecule has 130 valence electrons. The Balaban J connectivity index is 1.89. The Labute approximate surface area is 143 Å². The van der Waals surface area contributed by atoms with Gasteiger partial charge in [0.05, 0.1) is 25.3 Å².